The summed E-state index contributed by atoms with van der Waals surface area (Å²) in [6.07, 6.45) is -1.61. The van der Waals surface area contributed by atoms with E-state index < -0.39 is 41.2 Å². The van der Waals surface area contributed by atoms with Crippen LogP contribution in [0.1, 0.15) is 23.8 Å². The van der Waals surface area contributed by atoms with Crippen molar-refractivity contribution >= 4 is 28.6 Å². The van der Waals surface area contributed by atoms with Gasteiger partial charge in [-0.2, -0.15) is 13.2 Å². The van der Waals surface area contributed by atoms with E-state index in [1.54, 1.807) is 12.4 Å². The number of methoxy groups -OCH3 is 1. The van der Waals surface area contributed by atoms with Gasteiger partial charge in [0.05, 0.1) is 24.2 Å². The minimum absolute atomic E-state index is 0.0538. The molecule has 1 aliphatic heterocycles. The van der Waals surface area contributed by atoms with Crippen LogP contribution in [0.3, 0.4) is 0 Å². The minimum Gasteiger partial charge on any atom is -0.455 e. The van der Waals surface area contributed by atoms with E-state index in [1.165, 1.54) is 19.3 Å². The summed E-state index contributed by atoms with van der Waals surface area (Å²) < 4.78 is 79.2. The highest BCUT2D eigenvalue weighted by atomic mass is 19.4. The molecule has 34 heavy (non-hydrogen) atoms. The average molecular weight is 485 g/mol. The third-order valence-corrected chi connectivity index (χ3v) is 5.52. The number of amides is 2. The number of carbonyl (C=O) groups is 1. The lowest BCUT2D eigenvalue weighted by Crippen LogP contribution is -2.40. The Kier molecular flexibility index (Phi) is 6.30. The van der Waals surface area contributed by atoms with E-state index in [0.717, 1.165) is 12.5 Å². The number of nitrogens with zero attached hydrogens (tertiary/aromatic N) is 3. The highest BCUT2D eigenvalue weighted by Gasteiger charge is 2.45. The number of hydrogen-bond acceptors (Lipinski definition) is 6. The van der Waals surface area contributed by atoms with Gasteiger partial charge in [0.15, 0.2) is 17.4 Å². The second-order valence-corrected chi connectivity index (χ2v) is 7.79. The number of aromatic nitrogens is 2. The molecule has 2 N–H and O–H groups in total. The van der Waals surface area contributed by atoms with E-state index in [4.69, 9.17) is 9.15 Å². The van der Waals surface area contributed by atoms with E-state index in [1.807, 2.05) is 4.90 Å². The Balaban J connectivity index is 1.51. The molecule has 1 aliphatic rings. The number of fused-ring (bicyclic) bond motifs is 1. The number of urea groups is 1. The predicted molar refractivity (Wildman–Crippen MR) is 111 cm³/mol. The Morgan fingerprint density at radius 2 is 1.97 bits per heavy atom. The number of anilines is 2. The zero-order valence-electron chi connectivity index (χ0n) is 18.0. The summed E-state index contributed by atoms with van der Waals surface area (Å²) >= 11 is 0. The van der Waals surface area contributed by atoms with Gasteiger partial charge in [-0.25, -0.2) is 23.5 Å². The molecule has 0 saturated carbocycles. The second kappa shape index (κ2) is 9.05. The number of furan rings is 1. The van der Waals surface area contributed by atoms with Crippen LogP contribution in [0.2, 0.25) is 0 Å². The molecule has 1 aromatic carbocycles. The molecule has 2 amide bonds. The van der Waals surface area contributed by atoms with Crippen LogP contribution in [0.25, 0.3) is 11.0 Å². The van der Waals surface area contributed by atoms with Crippen molar-refractivity contribution in [2.75, 3.05) is 30.4 Å². The fourth-order valence-corrected chi connectivity index (χ4v) is 3.78. The summed E-state index contributed by atoms with van der Waals surface area (Å²) in [7, 11) is 1.61. The van der Waals surface area contributed by atoms with Crippen LogP contribution in [0.5, 0.6) is 0 Å². The summed E-state index contributed by atoms with van der Waals surface area (Å²) in [5.74, 6) is -2.48. The molecule has 0 aliphatic carbocycles. The molecule has 182 valence electrons. The summed E-state index contributed by atoms with van der Waals surface area (Å²) in [6, 6.07) is -2.47. The first-order valence-electron chi connectivity index (χ1n) is 10.2. The summed E-state index contributed by atoms with van der Waals surface area (Å²) in [4.78, 5) is 22.5. The topological polar surface area (TPSA) is 92.5 Å². The Morgan fingerprint density at radius 3 is 2.59 bits per heavy atom. The van der Waals surface area contributed by atoms with Crippen molar-refractivity contribution < 1.29 is 35.9 Å². The molecule has 2 atom stereocenters. The zero-order chi connectivity index (χ0) is 24.6. The van der Waals surface area contributed by atoms with Gasteiger partial charge in [-0.15, -0.1) is 0 Å². The first-order chi connectivity index (χ1) is 16.1. The van der Waals surface area contributed by atoms with Gasteiger partial charge in [-0.1, -0.05) is 0 Å². The first kappa shape index (κ1) is 23.7. The number of halogens is 5. The van der Waals surface area contributed by atoms with Crippen LogP contribution < -0.4 is 15.5 Å². The fourth-order valence-electron chi connectivity index (χ4n) is 3.78. The van der Waals surface area contributed by atoms with Crippen LogP contribution in [0.4, 0.5) is 38.4 Å². The maximum Gasteiger partial charge on any atom is 0.416 e. The normalized spacial score (nSPS) is 17.3. The van der Waals surface area contributed by atoms with Gasteiger partial charge >= 0.3 is 12.2 Å². The number of hydrogen-bond donors (Lipinski definition) is 2. The molecule has 8 nitrogen and oxygen atoms in total. The molecule has 1 saturated heterocycles. The van der Waals surface area contributed by atoms with Gasteiger partial charge < -0.3 is 24.7 Å². The second-order valence-electron chi connectivity index (χ2n) is 7.79. The molecule has 0 radical (unpaired) electrons. The van der Waals surface area contributed by atoms with Gasteiger partial charge in [0.2, 0.25) is 5.95 Å². The van der Waals surface area contributed by atoms with Crippen LogP contribution in [-0.2, 0) is 4.74 Å². The predicted octanol–water partition coefficient (Wildman–Crippen LogP) is 4.46. The SMILES string of the molecule is CO[C@@H]1CCN(c2ncc(NC(=O)NC(c3oc4c(F)cc(F)cc4c3C)C(F)(F)F)cn2)C1. The van der Waals surface area contributed by atoms with Crippen molar-refractivity contribution in [2.45, 2.75) is 31.7 Å². The van der Waals surface area contributed by atoms with Gasteiger partial charge in [0.25, 0.3) is 0 Å². The van der Waals surface area contributed by atoms with Gasteiger partial charge in [-0.05, 0) is 19.4 Å². The first-order valence-corrected chi connectivity index (χ1v) is 10.2. The van der Waals surface area contributed by atoms with Crippen molar-refractivity contribution in [3.63, 3.8) is 0 Å². The van der Waals surface area contributed by atoms with Gasteiger partial charge in [0, 0.05) is 37.2 Å². The summed E-state index contributed by atoms with van der Waals surface area (Å²) in [6.45, 7) is 2.50. The summed E-state index contributed by atoms with van der Waals surface area (Å²) in [5.41, 5.74) is -0.630. The quantitative estimate of drug-likeness (QED) is 0.519. The monoisotopic (exact) mass is 485 g/mol. The third-order valence-electron chi connectivity index (χ3n) is 5.52. The maximum absolute atomic E-state index is 14.0. The van der Waals surface area contributed by atoms with E-state index >= 15 is 0 Å². The standard InChI is InChI=1S/C21H20F5N5O3/c1-10-14-5-11(22)6-15(23)17(14)34-16(10)18(21(24,25)26)30-20(32)29-12-7-27-19(28-8-12)31-4-3-13(9-31)33-2/h5-8,13,18H,3-4,9H2,1-2H3,(H2,29,30,32)/t13-,18?/m1/s1. The lowest BCUT2D eigenvalue weighted by atomic mass is 10.1. The lowest BCUT2D eigenvalue weighted by molar-refractivity contribution is -0.158. The number of benzene rings is 1. The maximum atomic E-state index is 14.0. The fraction of sp³-hybridized carbons (Fsp3) is 0.381. The molecule has 1 unspecified atom stereocenters. The number of ether oxygens (including phenoxy) is 1. The highest BCUT2D eigenvalue weighted by molar-refractivity contribution is 5.89. The number of alkyl halides is 3. The van der Waals surface area contributed by atoms with Gasteiger partial charge in [-0.3, -0.25) is 0 Å². The number of nitrogens with one attached hydrogen (secondary N) is 2. The average Bonchev–Trinajstić information content (AvgIpc) is 3.37. The van der Waals surface area contributed by atoms with Crippen LogP contribution in [-0.4, -0.2) is 48.5 Å². The molecule has 13 heteroatoms. The van der Waals surface area contributed by atoms with Crippen LogP contribution in [0, 0.1) is 18.6 Å². The van der Waals surface area contributed by atoms with Crippen LogP contribution >= 0.6 is 0 Å². The molecule has 3 heterocycles. The van der Waals surface area contributed by atoms with E-state index in [0.29, 0.717) is 25.1 Å². The number of carbonyl (C=O) groups excluding carboxylic acids is 1. The van der Waals surface area contributed by atoms with E-state index in [-0.39, 0.29) is 22.7 Å². The van der Waals surface area contributed by atoms with Crippen LogP contribution in [0.15, 0.2) is 28.9 Å². The Hall–Kier alpha value is -3.48. The molecule has 1 fully saturated rings. The molecular weight excluding hydrogens is 465 g/mol. The molecule has 2 aromatic heterocycles. The lowest BCUT2D eigenvalue weighted by Gasteiger charge is -2.21. The van der Waals surface area contributed by atoms with Gasteiger partial charge in [0.1, 0.15) is 11.6 Å². The Morgan fingerprint density at radius 1 is 1.26 bits per heavy atom. The third kappa shape index (κ3) is 4.74. The van der Waals surface area contributed by atoms with Crippen molar-refractivity contribution in [2.24, 2.45) is 0 Å². The Bertz CT molecular complexity index is 1200. The number of rotatable bonds is 5. The zero-order valence-corrected chi connectivity index (χ0v) is 18.0. The molecule has 0 bridgehead atoms. The van der Waals surface area contributed by atoms with E-state index in [9.17, 15) is 26.7 Å². The molecule has 3 aromatic rings. The van der Waals surface area contributed by atoms with Crippen molar-refractivity contribution in [3.05, 3.63) is 47.5 Å². The molecule has 4 rings (SSSR count). The largest absolute Gasteiger partial charge is 0.455 e. The van der Waals surface area contributed by atoms with E-state index in [2.05, 4.69) is 15.3 Å². The van der Waals surface area contributed by atoms with Crippen molar-refractivity contribution in [1.29, 1.82) is 0 Å². The smallest absolute Gasteiger partial charge is 0.416 e. The molecular formula is C21H20F5N5O3. The van der Waals surface area contributed by atoms with Crippen molar-refractivity contribution in [3.8, 4) is 0 Å². The number of aryl methyl sites for hydroxylation is 1. The molecule has 0 spiro atoms. The minimum atomic E-state index is -4.99. The van der Waals surface area contributed by atoms with Crippen molar-refractivity contribution in [1.82, 2.24) is 15.3 Å². The Labute approximate surface area is 190 Å². The summed E-state index contributed by atoms with van der Waals surface area (Å²) in [5, 5.41) is 3.84. The highest BCUT2D eigenvalue weighted by Crippen LogP contribution is 2.39.